The first-order chi connectivity index (χ1) is 16.7. The Kier molecular flexibility index (Phi) is 6.18. The molecule has 2 aromatic rings. The maximum absolute atomic E-state index is 13.7. The number of aromatic hydroxyl groups is 1. The fraction of sp³-hybridized carbons (Fsp3) is 0.440. The van der Waals surface area contributed by atoms with Gasteiger partial charge in [-0.1, -0.05) is 43.1 Å². The van der Waals surface area contributed by atoms with Crippen LogP contribution in [0.2, 0.25) is 5.02 Å². The number of anilines is 1. The summed E-state index contributed by atoms with van der Waals surface area (Å²) in [6.07, 6.45) is 1.41. The molecule has 2 saturated heterocycles. The van der Waals surface area contributed by atoms with Crippen molar-refractivity contribution in [3.8, 4) is 5.75 Å². The molecular formula is C25H27BClNO7. The van der Waals surface area contributed by atoms with Crippen LogP contribution >= 0.6 is 11.6 Å². The van der Waals surface area contributed by atoms with E-state index in [0.29, 0.717) is 29.8 Å². The second-order valence-electron chi connectivity index (χ2n) is 9.74. The van der Waals surface area contributed by atoms with E-state index in [0.717, 1.165) is 11.3 Å². The lowest BCUT2D eigenvalue weighted by Gasteiger charge is -2.44. The molecule has 1 saturated carbocycles. The normalized spacial score (nSPS) is 32.0. The zero-order valence-corrected chi connectivity index (χ0v) is 19.9. The van der Waals surface area contributed by atoms with E-state index in [-0.39, 0.29) is 28.7 Å². The Bertz CT molecular complexity index is 1180. The Morgan fingerprint density at radius 2 is 1.91 bits per heavy atom. The van der Waals surface area contributed by atoms with Crippen molar-refractivity contribution >= 4 is 41.7 Å². The second-order valence-corrected chi connectivity index (χ2v) is 10.1. The molecule has 5 rings (SSSR count). The van der Waals surface area contributed by atoms with Gasteiger partial charge in [-0.25, -0.2) is 0 Å². The van der Waals surface area contributed by atoms with Crippen molar-refractivity contribution in [2.75, 3.05) is 4.90 Å². The Labute approximate surface area is 208 Å². The van der Waals surface area contributed by atoms with Gasteiger partial charge in [-0.3, -0.25) is 14.5 Å². The summed E-state index contributed by atoms with van der Waals surface area (Å²) in [5, 5.41) is 41.0. The summed E-state index contributed by atoms with van der Waals surface area (Å²) in [7, 11) is -1.73. The number of fused-ring (bicyclic) bond motifs is 3. The number of hydrogen-bond acceptors (Lipinski definition) is 7. The number of ether oxygens (including phenoxy) is 1. The average molecular weight is 500 g/mol. The third-order valence-corrected chi connectivity index (χ3v) is 8.09. The van der Waals surface area contributed by atoms with Crippen molar-refractivity contribution in [3.63, 3.8) is 0 Å². The van der Waals surface area contributed by atoms with Crippen LogP contribution in [-0.2, 0) is 14.3 Å². The Morgan fingerprint density at radius 3 is 2.60 bits per heavy atom. The van der Waals surface area contributed by atoms with Crippen molar-refractivity contribution < 1.29 is 34.6 Å². The highest BCUT2D eigenvalue weighted by Crippen LogP contribution is 2.59. The van der Waals surface area contributed by atoms with Crippen LogP contribution in [0.4, 0.5) is 5.69 Å². The summed E-state index contributed by atoms with van der Waals surface area (Å²) in [6.45, 7) is 1.99. The number of aliphatic hydroxyl groups is 1. The van der Waals surface area contributed by atoms with E-state index in [1.54, 1.807) is 18.2 Å². The number of imide groups is 1. The Morgan fingerprint density at radius 1 is 1.14 bits per heavy atom. The Hall–Kier alpha value is -2.43. The highest BCUT2D eigenvalue weighted by molar-refractivity contribution is 6.58. The number of amides is 2. The summed E-state index contributed by atoms with van der Waals surface area (Å²) < 4.78 is 6.25. The van der Waals surface area contributed by atoms with Gasteiger partial charge in [0.15, 0.2) is 5.79 Å². The maximum atomic E-state index is 13.7. The molecule has 0 aromatic heterocycles. The van der Waals surface area contributed by atoms with Crippen LogP contribution in [0, 0.1) is 23.7 Å². The van der Waals surface area contributed by atoms with E-state index < -0.39 is 42.7 Å². The molecule has 2 aliphatic heterocycles. The third-order valence-electron chi connectivity index (χ3n) is 7.76. The van der Waals surface area contributed by atoms with E-state index in [2.05, 4.69) is 0 Å². The van der Waals surface area contributed by atoms with Crippen LogP contribution in [0.3, 0.4) is 0 Å². The van der Waals surface area contributed by atoms with Gasteiger partial charge >= 0.3 is 7.12 Å². The standard InChI is InChI=1S/C25H27BClNO7/c1-2-4-13-9-18-22(24(31)28(23(18)30)15-6-3-5-14(10-15)26(33)34)19-12-21(35-25(13,19)32)17-8-7-16(29)11-20(17)27/h3,5-8,10-11,13,18-19,21-22,29,32-34H,2,4,9,12H2,1H3/t13-,18-,19-,21-,22-,25+/m0/s1. The van der Waals surface area contributed by atoms with Crippen LogP contribution in [0.5, 0.6) is 5.75 Å². The second kappa shape index (κ2) is 8.90. The molecule has 0 bridgehead atoms. The van der Waals surface area contributed by atoms with Gasteiger partial charge in [0.25, 0.3) is 0 Å². The maximum Gasteiger partial charge on any atom is 0.488 e. The molecule has 1 aliphatic carbocycles. The number of benzene rings is 2. The minimum absolute atomic E-state index is 0.0132. The zero-order chi connectivity index (χ0) is 25.1. The number of phenolic OH excluding ortho intramolecular Hbond substituents is 1. The minimum atomic E-state index is -1.73. The number of carbonyl (C=O) groups is 2. The van der Waals surface area contributed by atoms with E-state index in [4.69, 9.17) is 16.3 Å². The number of hydrogen-bond donors (Lipinski definition) is 4. The summed E-state index contributed by atoms with van der Waals surface area (Å²) >= 11 is 6.36. The SMILES string of the molecule is CCC[C@H]1C[C@@H]2C(=O)N(c3cccc(B(O)O)c3)C(=O)[C@@H]2[C@@H]2C[C@@H](c3ccc(O)cc3Cl)O[C@]12O. The molecule has 2 aromatic carbocycles. The molecule has 35 heavy (non-hydrogen) atoms. The number of carbonyl (C=O) groups excluding carboxylic acids is 2. The van der Waals surface area contributed by atoms with Crippen molar-refractivity contribution in [1.82, 2.24) is 0 Å². The topological polar surface area (TPSA) is 128 Å². The first kappa shape index (κ1) is 24.3. The van der Waals surface area contributed by atoms with E-state index in [1.807, 2.05) is 6.92 Å². The first-order valence-electron chi connectivity index (χ1n) is 11.9. The van der Waals surface area contributed by atoms with Gasteiger partial charge in [0.05, 0.1) is 28.6 Å². The lowest BCUT2D eigenvalue weighted by Crippen LogP contribution is -2.53. The molecule has 2 amide bonds. The predicted molar refractivity (Wildman–Crippen MR) is 129 cm³/mol. The lowest BCUT2D eigenvalue weighted by molar-refractivity contribution is -0.270. The molecule has 2 heterocycles. The molecule has 3 aliphatic rings. The predicted octanol–water partition coefficient (Wildman–Crippen LogP) is 2.12. The van der Waals surface area contributed by atoms with Gasteiger partial charge < -0.3 is 25.0 Å². The van der Waals surface area contributed by atoms with Crippen LogP contribution in [0.25, 0.3) is 0 Å². The molecule has 0 spiro atoms. The van der Waals surface area contributed by atoms with E-state index in [1.165, 1.54) is 24.3 Å². The fourth-order valence-electron chi connectivity index (χ4n) is 6.21. The zero-order valence-electron chi connectivity index (χ0n) is 19.2. The minimum Gasteiger partial charge on any atom is -0.508 e. The molecule has 10 heteroatoms. The van der Waals surface area contributed by atoms with Crippen molar-refractivity contribution in [1.29, 1.82) is 0 Å². The largest absolute Gasteiger partial charge is 0.508 e. The number of halogens is 1. The molecule has 3 fully saturated rings. The fourth-order valence-corrected chi connectivity index (χ4v) is 6.51. The molecular weight excluding hydrogens is 473 g/mol. The number of nitrogens with zero attached hydrogens (tertiary/aromatic N) is 1. The monoisotopic (exact) mass is 499 g/mol. The van der Waals surface area contributed by atoms with E-state index >= 15 is 0 Å². The molecule has 6 atom stereocenters. The summed E-state index contributed by atoms with van der Waals surface area (Å²) in [4.78, 5) is 28.3. The van der Waals surface area contributed by atoms with Gasteiger partial charge in [-0.15, -0.1) is 0 Å². The summed E-state index contributed by atoms with van der Waals surface area (Å²) in [5.74, 6) is -4.71. The smallest absolute Gasteiger partial charge is 0.488 e. The number of phenols is 1. The van der Waals surface area contributed by atoms with Gasteiger partial charge in [-0.2, -0.15) is 0 Å². The molecule has 4 N–H and O–H groups in total. The lowest BCUT2D eigenvalue weighted by atomic mass is 9.63. The van der Waals surface area contributed by atoms with Crippen molar-refractivity contribution in [3.05, 3.63) is 53.1 Å². The first-order valence-corrected chi connectivity index (χ1v) is 12.3. The van der Waals surface area contributed by atoms with Crippen LogP contribution in [-0.4, -0.2) is 45.0 Å². The van der Waals surface area contributed by atoms with Gasteiger partial charge in [-0.05, 0) is 54.6 Å². The molecule has 0 radical (unpaired) electrons. The highest BCUT2D eigenvalue weighted by atomic mass is 35.5. The quantitative estimate of drug-likeness (QED) is 0.366. The van der Waals surface area contributed by atoms with Crippen LogP contribution < -0.4 is 10.4 Å². The van der Waals surface area contributed by atoms with Crippen LogP contribution in [0.15, 0.2) is 42.5 Å². The number of rotatable bonds is 5. The third kappa shape index (κ3) is 3.86. The van der Waals surface area contributed by atoms with Crippen molar-refractivity contribution in [2.45, 2.75) is 44.5 Å². The average Bonchev–Trinajstić information content (AvgIpc) is 3.28. The summed E-state index contributed by atoms with van der Waals surface area (Å²) in [5.41, 5.74) is 1.05. The van der Waals surface area contributed by atoms with Gasteiger partial charge in [0.2, 0.25) is 11.8 Å². The summed E-state index contributed by atoms with van der Waals surface area (Å²) in [6, 6.07) is 10.6. The molecule has 0 unspecified atom stereocenters. The Balaban J connectivity index is 1.53. The van der Waals surface area contributed by atoms with Crippen molar-refractivity contribution in [2.24, 2.45) is 23.7 Å². The van der Waals surface area contributed by atoms with Crippen LogP contribution in [0.1, 0.15) is 44.3 Å². The van der Waals surface area contributed by atoms with Gasteiger partial charge in [0.1, 0.15) is 5.75 Å². The highest BCUT2D eigenvalue weighted by Gasteiger charge is 2.66. The molecule has 184 valence electrons. The molecule has 8 nitrogen and oxygen atoms in total. The van der Waals surface area contributed by atoms with E-state index in [9.17, 15) is 29.9 Å². The van der Waals surface area contributed by atoms with Gasteiger partial charge in [0, 0.05) is 11.8 Å².